The van der Waals surface area contributed by atoms with Gasteiger partial charge in [-0.1, -0.05) is 6.92 Å². The van der Waals surface area contributed by atoms with Gasteiger partial charge in [0, 0.05) is 12.6 Å². The lowest BCUT2D eigenvalue weighted by atomic mass is 10.1. The number of ether oxygens (including phenoxy) is 1. The fraction of sp³-hybridized carbons (Fsp3) is 0.917. The molecular weight excluding hydrogens is 190 g/mol. The molecule has 0 aliphatic carbocycles. The Kier molecular flexibility index (Phi) is 3.77. The molecule has 2 unspecified atom stereocenters. The minimum Gasteiger partial charge on any atom is -0.366 e. The summed E-state index contributed by atoms with van der Waals surface area (Å²) in [5, 5.41) is 0. The van der Waals surface area contributed by atoms with E-state index in [0.29, 0.717) is 12.0 Å². The molecule has 0 saturated carbocycles. The van der Waals surface area contributed by atoms with Gasteiger partial charge in [-0.2, -0.15) is 0 Å². The molecule has 3 nitrogen and oxygen atoms in total. The molecule has 88 valence electrons. The van der Waals surface area contributed by atoms with Gasteiger partial charge in [-0.05, 0) is 40.0 Å². The summed E-state index contributed by atoms with van der Waals surface area (Å²) < 4.78 is 5.50. The molecule has 0 radical (unpaired) electrons. The van der Waals surface area contributed by atoms with Crippen LogP contribution in [0.5, 0.6) is 0 Å². The van der Waals surface area contributed by atoms with Crippen molar-refractivity contribution in [2.45, 2.75) is 52.7 Å². The van der Waals surface area contributed by atoms with E-state index in [0.717, 1.165) is 13.0 Å². The van der Waals surface area contributed by atoms with Crippen LogP contribution in [0.2, 0.25) is 0 Å². The minimum absolute atomic E-state index is 0.127. The fourth-order valence-electron chi connectivity index (χ4n) is 2.01. The molecule has 1 aliphatic rings. The van der Waals surface area contributed by atoms with Crippen LogP contribution < -0.4 is 0 Å². The molecule has 1 saturated heterocycles. The van der Waals surface area contributed by atoms with Crippen molar-refractivity contribution in [3.8, 4) is 0 Å². The van der Waals surface area contributed by atoms with Crippen LogP contribution in [0.1, 0.15) is 41.0 Å². The average Bonchev–Trinajstić information content (AvgIpc) is 2.40. The minimum atomic E-state index is -0.232. The summed E-state index contributed by atoms with van der Waals surface area (Å²) in [6.07, 6.45) is 1.11. The van der Waals surface area contributed by atoms with Gasteiger partial charge < -0.3 is 9.64 Å². The molecule has 0 aromatic heterocycles. The lowest BCUT2D eigenvalue weighted by Gasteiger charge is -2.25. The molecule has 0 bridgehead atoms. The van der Waals surface area contributed by atoms with Crippen LogP contribution >= 0.6 is 0 Å². The largest absolute Gasteiger partial charge is 0.366 e. The van der Waals surface area contributed by atoms with Crippen LogP contribution in [0, 0.1) is 5.92 Å². The van der Waals surface area contributed by atoms with E-state index in [4.69, 9.17) is 4.74 Å². The maximum Gasteiger partial charge on any atom is 0.248 e. The summed E-state index contributed by atoms with van der Waals surface area (Å²) >= 11 is 0. The zero-order chi connectivity index (χ0) is 11.6. The van der Waals surface area contributed by atoms with E-state index in [9.17, 15) is 4.79 Å². The van der Waals surface area contributed by atoms with Gasteiger partial charge in [-0.25, -0.2) is 0 Å². The lowest BCUT2D eigenvalue weighted by molar-refractivity contribution is -0.141. The Morgan fingerprint density at radius 2 is 2.00 bits per heavy atom. The van der Waals surface area contributed by atoms with Gasteiger partial charge in [0.25, 0.3) is 0 Å². The van der Waals surface area contributed by atoms with Crippen molar-refractivity contribution < 1.29 is 9.53 Å². The fourth-order valence-corrected chi connectivity index (χ4v) is 2.01. The van der Waals surface area contributed by atoms with E-state index in [1.165, 1.54) is 0 Å². The zero-order valence-corrected chi connectivity index (χ0v) is 10.5. The topological polar surface area (TPSA) is 29.5 Å². The second-order valence-electron chi connectivity index (χ2n) is 5.64. The van der Waals surface area contributed by atoms with Crippen molar-refractivity contribution >= 4 is 5.91 Å². The molecule has 2 atom stereocenters. The summed E-state index contributed by atoms with van der Waals surface area (Å²) in [5.41, 5.74) is -0.232. The van der Waals surface area contributed by atoms with Gasteiger partial charge in [0.15, 0.2) is 0 Å². The van der Waals surface area contributed by atoms with Crippen LogP contribution in [0.15, 0.2) is 0 Å². The van der Waals surface area contributed by atoms with Gasteiger partial charge >= 0.3 is 0 Å². The smallest absolute Gasteiger partial charge is 0.248 e. The van der Waals surface area contributed by atoms with E-state index >= 15 is 0 Å². The SMILES string of the molecule is CC1CC(C)N(C(=O)COC(C)(C)C)C1. The quantitative estimate of drug-likeness (QED) is 0.702. The first kappa shape index (κ1) is 12.5. The molecule has 1 rings (SSSR count). The third kappa shape index (κ3) is 3.82. The maximum absolute atomic E-state index is 11.8. The van der Waals surface area contributed by atoms with Crippen molar-refractivity contribution in [1.29, 1.82) is 0 Å². The second kappa shape index (κ2) is 4.52. The van der Waals surface area contributed by atoms with E-state index in [1.54, 1.807) is 0 Å². The van der Waals surface area contributed by atoms with Crippen molar-refractivity contribution in [3.63, 3.8) is 0 Å². The first-order chi connectivity index (χ1) is 6.79. The number of carbonyl (C=O) groups excluding carboxylic acids is 1. The Morgan fingerprint density at radius 1 is 1.40 bits per heavy atom. The van der Waals surface area contributed by atoms with Gasteiger partial charge in [-0.15, -0.1) is 0 Å². The summed E-state index contributed by atoms with van der Waals surface area (Å²) in [5.74, 6) is 0.750. The van der Waals surface area contributed by atoms with Crippen molar-refractivity contribution in [3.05, 3.63) is 0 Å². The van der Waals surface area contributed by atoms with Gasteiger partial charge in [-0.3, -0.25) is 4.79 Å². The number of nitrogens with zero attached hydrogens (tertiary/aromatic N) is 1. The summed E-state index contributed by atoms with van der Waals surface area (Å²) in [7, 11) is 0. The lowest BCUT2D eigenvalue weighted by Crippen LogP contribution is -2.38. The molecule has 0 aromatic rings. The molecule has 0 spiro atoms. The van der Waals surface area contributed by atoms with Crippen LogP contribution in [-0.4, -0.2) is 35.6 Å². The van der Waals surface area contributed by atoms with E-state index < -0.39 is 0 Å². The Balaban J connectivity index is 2.41. The second-order valence-corrected chi connectivity index (χ2v) is 5.64. The Bertz CT molecular complexity index is 232. The first-order valence-electron chi connectivity index (χ1n) is 5.73. The molecule has 1 amide bonds. The van der Waals surface area contributed by atoms with Crippen molar-refractivity contribution in [1.82, 2.24) is 4.90 Å². The summed E-state index contributed by atoms with van der Waals surface area (Å²) in [6.45, 7) is 11.3. The molecule has 15 heavy (non-hydrogen) atoms. The van der Waals surface area contributed by atoms with E-state index in [2.05, 4.69) is 13.8 Å². The van der Waals surface area contributed by atoms with Crippen molar-refractivity contribution in [2.75, 3.05) is 13.2 Å². The molecule has 3 heteroatoms. The molecular formula is C12H23NO2. The zero-order valence-electron chi connectivity index (χ0n) is 10.5. The van der Waals surface area contributed by atoms with Crippen LogP contribution in [0.25, 0.3) is 0 Å². The summed E-state index contributed by atoms with van der Waals surface area (Å²) in [6, 6.07) is 0.371. The number of likely N-dealkylation sites (tertiary alicyclic amines) is 1. The normalized spacial score (nSPS) is 27.1. The first-order valence-corrected chi connectivity index (χ1v) is 5.73. The Hall–Kier alpha value is -0.570. The van der Waals surface area contributed by atoms with E-state index in [-0.39, 0.29) is 18.1 Å². The molecule has 1 fully saturated rings. The molecule has 0 aromatic carbocycles. The number of amides is 1. The van der Waals surface area contributed by atoms with Gasteiger partial charge in [0.1, 0.15) is 6.61 Å². The number of hydrogen-bond acceptors (Lipinski definition) is 2. The van der Waals surface area contributed by atoms with E-state index in [1.807, 2.05) is 25.7 Å². The van der Waals surface area contributed by atoms with Crippen LogP contribution in [-0.2, 0) is 9.53 Å². The number of hydrogen-bond donors (Lipinski definition) is 0. The third-order valence-electron chi connectivity index (χ3n) is 2.73. The highest BCUT2D eigenvalue weighted by Gasteiger charge is 2.30. The standard InChI is InChI=1S/C12H23NO2/c1-9-6-10(2)13(7-9)11(14)8-15-12(3,4)5/h9-10H,6-8H2,1-5H3. The Labute approximate surface area is 92.8 Å². The predicted molar refractivity (Wildman–Crippen MR) is 60.7 cm³/mol. The molecule has 1 heterocycles. The van der Waals surface area contributed by atoms with Crippen molar-refractivity contribution in [2.24, 2.45) is 5.92 Å². The summed E-state index contributed by atoms with van der Waals surface area (Å²) in [4.78, 5) is 13.8. The highest BCUT2D eigenvalue weighted by Crippen LogP contribution is 2.22. The van der Waals surface area contributed by atoms with Gasteiger partial charge in [0.2, 0.25) is 5.91 Å². The predicted octanol–water partition coefficient (Wildman–Crippen LogP) is 2.06. The average molecular weight is 213 g/mol. The number of carbonyl (C=O) groups is 1. The highest BCUT2D eigenvalue weighted by molar-refractivity contribution is 5.78. The highest BCUT2D eigenvalue weighted by atomic mass is 16.5. The van der Waals surface area contributed by atoms with Gasteiger partial charge in [0.05, 0.1) is 5.60 Å². The number of rotatable bonds is 2. The monoisotopic (exact) mass is 213 g/mol. The van der Waals surface area contributed by atoms with Crippen LogP contribution in [0.3, 0.4) is 0 Å². The Morgan fingerprint density at radius 3 is 2.40 bits per heavy atom. The maximum atomic E-state index is 11.8. The molecule has 0 N–H and O–H groups in total. The molecule has 1 aliphatic heterocycles. The third-order valence-corrected chi connectivity index (χ3v) is 2.73. The van der Waals surface area contributed by atoms with Crippen LogP contribution in [0.4, 0.5) is 0 Å².